The van der Waals surface area contributed by atoms with Gasteiger partial charge in [0.15, 0.2) is 0 Å². The quantitative estimate of drug-likeness (QED) is 0.733. The van der Waals surface area contributed by atoms with Crippen LogP contribution >= 0.6 is 0 Å². The molecule has 1 fully saturated rings. The maximum Gasteiger partial charge on any atom is 0.307 e. The molecule has 0 saturated heterocycles. The van der Waals surface area contributed by atoms with E-state index >= 15 is 0 Å². The molecule has 0 aromatic heterocycles. The Morgan fingerprint density at radius 1 is 1.38 bits per heavy atom. The lowest BCUT2D eigenvalue weighted by Gasteiger charge is -2.39. The average Bonchev–Trinajstić information content (AvgIpc) is 2.30. The number of carbonyl (C=O) groups is 1. The summed E-state index contributed by atoms with van der Waals surface area (Å²) >= 11 is 0. The molecule has 16 heavy (non-hydrogen) atoms. The van der Waals surface area contributed by atoms with Gasteiger partial charge in [0.2, 0.25) is 0 Å². The van der Waals surface area contributed by atoms with Crippen LogP contribution in [0.5, 0.6) is 0 Å². The predicted octanol–water partition coefficient (Wildman–Crippen LogP) is 2.50. The second-order valence-corrected chi connectivity index (χ2v) is 4.86. The van der Waals surface area contributed by atoms with E-state index in [-0.39, 0.29) is 11.5 Å². The van der Waals surface area contributed by atoms with E-state index in [0.717, 1.165) is 18.8 Å². The first kappa shape index (κ1) is 13.5. The van der Waals surface area contributed by atoms with Gasteiger partial charge in [-0.15, -0.1) is 0 Å². The van der Waals surface area contributed by atoms with Gasteiger partial charge in [-0.3, -0.25) is 4.79 Å². The highest BCUT2D eigenvalue weighted by atomic mass is 16.5. The van der Waals surface area contributed by atoms with Crippen LogP contribution in [0.4, 0.5) is 0 Å². The van der Waals surface area contributed by atoms with Crippen molar-refractivity contribution >= 4 is 5.97 Å². The predicted molar refractivity (Wildman–Crippen MR) is 65.3 cm³/mol. The van der Waals surface area contributed by atoms with Crippen LogP contribution in [-0.4, -0.2) is 25.2 Å². The van der Waals surface area contributed by atoms with E-state index in [2.05, 4.69) is 12.2 Å². The van der Waals surface area contributed by atoms with Crippen molar-refractivity contribution in [2.75, 3.05) is 13.7 Å². The summed E-state index contributed by atoms with van der Waals surface area (Å²) in [6.45, 7) is 4.59. The summed E-state index contributed by atoms with van der Waals surface area (Å²) in [5.74, 6) is 0.787. The molecule has 0 heterocycles. The van der Waals surface area contributed by atoms with E-state index in [1.165, 1.54) is 19.3 Å². The lowest BCUT2D eigenvalue weighted by Crippen LogP contribution is -2.47. The Bertz CT molecular complexity index is 220. The van der Waals surface area contributed by atoms with Crippen LogP contribution in [0.15, 0.2) is 0 Å². The van der Waals surface area contributed by atoms with Crippen molar-refractivity contribution in [3.63, 3.8) is 0 Å². The van der Waals surface area contributed by atoms with E-state index < -0.39 is 0 Å². The molecule has 0 amide bonds. The van der Waals surface area contributed by atoms with Crippen LogP contribution < -0.4 is 5.32 Å². The van der Waals surface area contributed by atoms with Gasteiger partial charge in [-0.05, 0) is 45.6 Å². The van der Waals surface area contributed by atoms with Gasteiger partial charge in [0, 0.05) is 5.54 Å². The average molecular weight is 227 g/mol. The maximum atomic E-state index is 11.6. The third-order valence-corrected chi connectivity index (χ3v) is 3.96. The first-order valence-corrected chi connectivity index (χ1v) is 6.50. The molecule has 0 radical (unpaired) electrons. The number of carbonyl (C=O) groups excluding carboxylic acids is 1. The molecule has 1 N–H and O–H groups in total. The zero-order chi connectivity index (χ0) is 12.0. The van der Waals surface area contributed by atoms with Gasteiger partial charge >= 0.3 is 5.97 Å². The van der Waals surface area contributed by atoms with Gasteiger partial charge in [0.25, 0.3) is 0 Å². The second-order valence-electron chi connectivity index (χ2n) is 4.86. The van der Waals surface area contributed by atoms with Crippen LogP contribution in [0.25, 0.3) is 0 Å². The minimum absolute atomic E-state index is 0.00206. The molecular formula is C13H25NO2. The Hall–Kier alpha value is -0.570. The van der Waals surface area contributed by atoms with Crippen molar-refractivity contribution in [3.8, 4) is 0 Å². The second kappa shape index (κ2) is 6.24. The molecule has 0 aliphatic heterocycles. The highest BCUT2D eigenvalue weighted by Crippen LogP contribution is 2.35. The molecule has 0 aromatic carbocycles. The topological polar surface area (TPSA) is 38.3 Å². The summed E-state index contributed by atoms with van der Waals surface area (Å²) < 4.78 is 5.05. The molecule has 0 unspecified atom stereocenters. The first-order valence-electron chi connectivity index (χ1n) is 6.50. The van der Waals surface area contributed by atoms with Crippen molar-refractivity contribution in [1.29, 1.82) is 0 Å². The summed E-state index contributed by atoms with van der Waals surface area (Å²) in [7, 11) is 1.96. The van der Waals surface area contributed by atoms with E-state index in [1.54, 1.807) is 0 Å². The van der Waals surface area contributed by atoms with Crippen molar-refractivity contribution in [1.82, 2.24) is 5.32 Å². The molecule has 3 heteroatoms. The molecule has 3 nitrogen and oxygen atoms in total. The Kier molecular flexibility index (Phi) is 5.26. The van der Waals surface area contributed by atoms with Crippen LogP contribution in [0.2, 0.25) is 0 Å². The standard InChI is InChI=1S/C13H25NO2/c1-4-11-6-8-13(14-3,9-7-11)10-12(15)16-5-2/h11,14H,4-10H2,1-3H3. The summed E-state index contributed by atoms with van der Waals surface area (Å²) in [6.07, 6.45) is 6.45. The lowest BCUT2D eigenvalue weighted by molar-refractivity contribution is -0.145. The Labute approximate surface area is 98.9 Å². The lowest BCUT2D eigenvalue weighted by atomic mass is 9.74. The Morgan fingerprint density at radius 3 is 2.44 bits per heavy atom. The molecule has 1 aliphatic carbocycles. The molecule has 0 bridgehead atoms. The normalized spacial score (nSPS) is 30.1. The molecule has 0 atom stereocenters. The third-order valence-electron chi connectivity index (χ3n) is 3.96. The zero-order valence-electron chi connectivity index (χ0n) is 10.8. The first-order chi connectivity index (χ1) is 7.65. The smallest absolute Gasteiger partial charge is 0.307 e. The van der Waals surface area contributed by atoms with Crippen molar-refractivity contribution in [2.45, 2.75) is 57.9 Å². The van der Waals surface area contributed by atoms with Crippen LogP contribution in [0.3, 0.4) is 0 Å². The molecule has 94 valence electrons. The van der Waals surface area contributed by atoms with Crippen molar-refractivity contribution in [3.05, 3.63) is 0 Å². The van der Waals surface area contributed by atoms with Crippen LogP contribution in [0.1, 0.15) is 52.4 Å². The Balaban J connectivity index is 2.49. The van der Waals surface area contributed by atoms with E-state index in [9.17, 15) is 4.79 Å². The molecular weight excluding hydrogens is 202 g/mol. The van der Waals surface area contributed by atoms with Crippen molar-refractivity contribution < 1.29 is 9.53 Å². The maximum absolute atomic E-state index is 11.6. The number of nitrogens with one attached hydrogen (secondary N) is 1. The van der Waals surface area contributed by atoms with Gasteiger partial charge in [0.05, 0.1) is 13.0 Å². The number of rotatable bonds is 5. The van der Waals surface area contributed by atoms with Gasteiger partial charge in [-0.1, -0.05) is 13.3 Å². The van der Waals surface area contributed by atoms with Crippen LogP contribution in [0, 0.1) is 5.92 Å². The third kappa shape index (κ3) is 3.48. The van der Waals surface area contributed by atoms with Crippen molar-refractivity contribution in [2.24, 2.45) is 5.92 Å². The van der Waals surface area contributed by atoms with E-state index in [4.69, 9.17) is 4.74 Å². The number of esters is 1. The number of hydrogen-bond acceptors (Lipinski definition) is 3. The van der Waals surface area contributed by atoms with Gasteiger partial charge < -0.3 is 10.1 Å². The minimum Gasteiger partial charge on any atom is -0.466 e. The zero-order valence-corrected chi connectivity index (χ0v) is 10.8. The van der Waals surface area contributed by atoms with Gasteiger partial charge in [0.1, 0.15) is 0 Å². The molecule has 0 spiro atoms. The largest absolute Gasteiger partial charge is 0.466 e. The number of ether oxygens (including phenoxy) is 1. The molecule has 1 rings (SSSR count). The highest BCUT2D eigenvalue weighted by molar-refractivity contribution is 5.70. The monoisotopic (exact) mass is 227 g/mol. The SMILES string of the molecule is CCOC(=O)CC1(NC)CCC(CC)CC1. The van der Waals surface area contributed by atoms with E-state index in [0.29, 0.717) is 13.0 Å². The summed E-state index contributed by atoms with van der Waals surface area (Å²) in [4.78, 5) is 11.6. The molecule has 1 saturated carbocycles. The fourth-order valence-electron chi connectivity index (χ4n) is 2.64. The fraction of sp³-hybridized carbons (Fsp3) is 0.923. The summed E-state index contributed by atoms with van der Waals surface area (Å²) in [5, 5.41) is 3.35. The fourth-order valence-corrected chi connectivity index (χ4v) is 2.64. The number of hydrogen-bond donors (Lipinski definition) is 1. The van der Waals surface area contributed by atoms with Crippen LogP contribution in [-0.2, 0) is 9.53 Å². The molecule has 1 aliphatic rings. The highest BCUT2D eigenvalue weighted by Gasteiger charge is 2.35. The summed E-state index contributed by atoms with van der Waals surface area (Å²) in [5.41, 5.74) is -0.00206. The van der Waals surface area contributed by atoms with Gasteiger partial charge in [-0.25, -0.2) is 0 Å². The van der Waals surface area contributed by atoms with E-state index in [1.807, 2.05) is 14.0 Å². The molecule has 0 aromatic rings. The minimum atomic E-state index is -0.0631. The Morgan fingerprint density at radius 2 is 2.00 bits per heavy atom. The van der Waals surface area contributed by atoms with Gasteiger partial charge in [-0.2, -0.15) is 0 Å². The summed E-state index contributed by atoms with van der Waals surface area (Å²) in [6, 6.07) is 0.